The Morgan fingerprint density at radius 1 is 1.08 bits per heavy atom. The first-order valence-corrected chi connectivity index (χ1v) is 10.4. The highest BCUT2D eigenvalue weighted by Gasteiger charge is 2.22. The Labute approximate surface area is 155 Å². The SMILES string of the molecule is CC[C@H](C)c1ccc(NS(=O)(=O)c2ccc(N3CCCC3=O)cc2)cc1. The minimum absolute atomic E-state index is 0.0835. The fraction of sp³-hybridized carbons (Fsp3) is 0.350. The van der Waals surface area contributed by atoms with Gasteiger partial charge in [0.1, 0.15) is 0 Å². The maximum absolute atomic E-state index is 12.6. The van der Waals surface area contributed by atoms with Gasteiger partial charge in [-0.3, -0.25) is 9.52 Å². The number of carbonyl (C=O) groups is 1. The second-order valence-electron chi connectivity index (χ2n) is 6.68. The maximum atomic E-state index is 12.6. The highest BCUT2D eigenvalue weighted by Crippen LogP contribution is 2.25. The quantitative estimate of drug-likeness (QED) is 0.829. The molecule has 1 heterocycles. The number of benzene rings is 2. The molecule has 3 rings (SSSR count). The third kappa shape index (κ3) is 3.90. The van der Waals surface area contributed by atoms with Gasteiger partial charge in [-0.2, -0.15) is 0 Å². The molecule has 1 amide bonds. The number of nitrogens with one attached hydrogen (secondary N) is 1. The number of rotatable bonds is 6. The molecule has 1 aliphatic heterocycles. The minimum Gasteiger partial charge on any atom is -0.312 e. The highest BCUT2D eigenvalue weighted by molar-refractivity contribution is 7.92. The lowest BCUT2D eigenvalue weighted by atomic mass is 9.99. The van der Waals surface area contributed by atoms with Crippen LogP contribution in [-0.2, 0) is 14.8 Å². The standard InChI is InChI=1S/C20H24N2O3S/c1-3-15(2)16-6-8-17(9-7-16)21-26(24,25)19-12-10-18(11-13-19)22-14-4-5-20(22)23/h6-13,15,21H,3-5,14H2,1-2H3/t15-/m0/s1. The Hall–Kier alpha value is -2.34. The average Bonchev–Trinajstić information content (AvgIpc) is 3.07. The third-order valence-electron chi connectivity index (χ3n) is 4.88. The molecule has 0 aliphatic carbocycles. The van der Waals surface area contributed by atoms with Crippen LogP contribution in [-0.4, -0.2) is 20.9 Å². The molecule has 1 fully saturated rings. The number of hydrogen-bond acceptors (Lipinski definition) is 3. The molecule has 0 bridgehead atoms. The largest absolute Gasteiger partial charge is 0.312 e. The number of carbonyl (C=O) groups excluding carboxylic acids is 1. The first-order chi connectivity index (χ1) is 12.4. The van der Waals surface area contributed by atoms with Crippen molar-refractivity contribution in [1.29, 1.82) is 0 Å². The molecule has 6 heteroatoms. The lowest BCUT2D eigenvalue weighted by Gasteiger charge is -2.16. The van der Waals surface area contributed by atoms with Gasteiger partial charge in [0.15, 0.2) is 0 Å². The van der Waals surface area contributed by atoms with Crippen molar-refractivity contribution in [1.82, 2.24) is 0 Å². The van der Waals surface area contributed by atoms with E-state index in [9.17, 15) is 13.2 Å². The van der Waals surface area contributed by atoms with Gasteiger partial charge in [-0.05, 0) is 60.7 Å². The van der Waals surface area contributed by atoms with Crippen LogP contribution in [0.25, 0.3) is 0 Å². The molecule has 0 saturated carbocycles. The molecule has 26 heavy (non-hydrogen) atoms. The summed E-state index contributed by atoms with van der Waals surface area (Å²) in [5.74, 6) is 0.529. The van der Waals surface area contributed by atoms with Gasteiger partial charge in [0.2, 0.25) is 5.91 Å². The van der Waals surface area contributed by atoms with Crippen LogP contribution < -0.4 is 9.62 Å². The van der Waals surface area contributed by atoms with Crippen LogP contribution in [0.1, 0.15) is 44.6 Å². The molecule has 0 unspecified atom stereocenters. The van der Waals surface area contributed by atoms with Gasteiger partial charge in [0, 0.05) is 24.3 Å². The summed E-state index contributed by atoms with van der Waals surface area (Å²) in [5, 5.41) is 0. The molecule has 0 spiro atoms. The van der Waals surface area contributed by atoms with E-state index >= 15 is 0 Å². The Morgan fingerprint density at radius 2 is 1.73 bits per heavy atom. The smallest absolute Gasteiger partial charge is 0.261 e. The van der Waals surface area contributed by atoms with Crippen LogP contribution in [0.5, 0.6) is 0 Å². The van der Waals surface area contributed by atoms with Gasteiger partial charge in [0.05, 0.1) is 4.90 Å². The molecule has 1 aliphatic rings. The zero-order valence-corrected chi connectivity index (χ0v) is 15.9. The molecule has 5 nitrogen and oxygen atoms in total. The lowest BCUT2D eigenvalue weighted by Crippen LogP contribution is -2.23. The second-order valence-corrected chi connectivity index (χ2v) is 8.36. The summed E-state index contributed by atoms with van der Waals surface area (Å²) in [6, 6.07) is 13.9. The van der Waals surface area contributed by atoms with Crippen molar-refractivity contribution in [3.05, 3.63) is 54.1 Å². The summed E-state index contributed by atoms with van der Waals surface area (Å²) in [7, 11) is -3.66. The van der Waals surface area contributed by atoms with Crippen molar-refractivity contribution >= 4 is 27.3 Å². The van der Waals surface area contributed by atoms with Gasteiger partial charge in [-0.1, -0.05) is 26.0 Å². The summed E-state index contributed by atoms with van der Waals surface area (Å²) in [5.41, 5.74) is 2.47. The predicted octanol–water partition coefficient (Wildman–Crippen LogP) is 4.13. The highest BCUT2D eigenvalue weighted by atomic mass is 32.2. The van der Waals surface area contributed by atoms with Crippen molar-refractivity contribution in [3.63, 3.8) is 0 Å². The maximum Gasteiger partial charge on any atom is 0.261 e. The van der Waals surface area contributed by atoms with E-state index in [2.05, 4.69) is 18.6 Å². The molecule has 138 valence electrons. The van der Waals surface area contributed by atoms with E-state index in [1.54, 1.807) is 29.2 Å². The molecule has 1 saturated heterocycles. The fourth-order valence-electron chi connectivity index (χ4n) is 3.06. The third-order valence-corrected chi connectivity index (χ3v) is 6.27. The van der Waals surface area contributed by atoms with Gasteiger partial charge in [0.25, 0.3) is 10.0 Å². The monoisotopic (exact) mass is 372 g/mol. The average molecular weight is 372 g/mol. The topological polar surface area (TPSA) is 66.5 Å². The number of amides is 1. The molecular weight excluding hydrogens is 348 g/mol. The molecule has 1 atom stereocenters. The van der Waals surface area contributed by atoms with Crippen molar-refractivity contribution in [3.8, 4) is 0 Å². The Bertz CT molecular complexity index is 874. The first kappa shape index (κ1) is 18.5. The Kier molecular flexibility index (Phi) is 5.32. The Balaban J connectivity index is 1.74. The molecule has 2 aromatic rings. The summed E-state index contributed by atoms with van der Waals surface area (Å²) in [4.78, 5) is 13.7. The summed E-state index contributed by atoms with van der Waals surface area (Å²) >= 11 is 0. The number of anilines is 2. The minimum atomic E-state index is -3.66. The number of hydrogen-bond donors (Lipinski definition) is 1. The molecule has 2 aromatic carbocycles. The van der Waals surface area contributed by atoms with Crippen molar-refractivity contribution < 1.29 is 13.2 Å². The van der Waals surface area contributed by atoms with Gasteiger partial charge >= 0.3 is 0 Å². The molecule has 0 aromatic heterocycles. The van der Waals surface area contributed by atoms with Crippen molar-refractivity contribution in [2.45, 2.75) is 43.9 Å². The van der Waals surface area contributed by atoms with Crippen LogP contribution in [0.3, 0.4) is 0 Å². The van der Waals surface area contributed by atoms with E-state index in [0.29, 0.717) is 24.6 Å². The van der Waals surface area contributed by atoms with E-state index in [1.165, 1.54) is 17.7 Å². The molecule has 0 radical (unpaired) electrons. The fourth-order valence-corrected chi connectivity index (χ4v) is 4.11. The van der Waals surface area contributed by atoms with E-state index in [0.717, 1.165) is 18.5 Å². The van der Waals surface area contributed by atoms with E-state index in [4.69, 9.17) is 0 Å². The van der Waals surface area contributed by atoms with Crippen LogP contribution >= 0.6 is 0 Å². The van der Waals surface area contributed by atoms with E-state index in [-0.39, 0.29) is 10.8 Å². The second kappa shape index (κ2) is 7.50. The zero-order valence-electron chi connectivity index (χ0n) is 15.1. The van der Waals surface area contributed by atoms with Crippen LogP contribution in [0.4, 0.5) is 11.4 Å². The van der Waals surface area contributed by atoms with Gasteiger partial charge in [-0.25, -0.2) is 8.42 Å². The van der Waals surface area contributed by atoms with Gasteiger partial charge in [-0.15, -0.1) is 0 Å². The predicted molar refractivity (Wildman–Crippen MR) is 104 cm³/mol. The lowest BCUT2D eigenvalue weighted by molar-refractivity contribution is -0.117. The summed E-state index contributed by atoms with van der Waals surface area (Å²) < 4.78 is 27.8. The van der Waals surface area contributed by atoms with E-state index < -0.39 is 10.0 Å². The summed E-state index contributed by atoms with van der Waals surface area (Å²) in [6.45, 7) is 4.96. The Morgan fingerprint density at radius 3 is 2.27 bits per heavy atom. The normalized spacial score (nSPS) is 15.9. The summed E-state index contributed by atoms with van der Waals surface area (Å²) in [6.07, 6.45) is 2.43. The van der Waals surface area contributed by atoms with Crippen molar-refractivity contribution in [2.75, 3.05) is 16.2 Å². The molecular formula is C20H24N2O3S. The molecule has 1 N–H and O–H groups in total. The number of nitrogens with zero attached hydrogens (tertiary/aromatic N) is 1. The van der Waals surface area contributed by atoms with Crippen LogP contribution in [0.2, 0.25) is 0 Å². The van der Waals surface area contributed by atoms with Crippen LogP contribution in [0.15, 0.2) is 53.4 Å². The zero-order chi connectivity index (χ0) is 18.7. The first-order valence-electron chi connectivity index (χ1n) is 8.94. The van der Waals surface area contributed by atoms with E-state index in [1.807, 2.05) is 12.1 Å². The van der Waals surface area contributed by atoms with Crippen molar-refractivity contribution in [2.24, 2.45) is 0 Å². The van der Waals surface area contributed by atoms with Gasteiger partial charge < -0.3 is 4.90 Å². The van der Waals surface area contributed by atoms with Crippen LogP contribution in [0, 0.1) is 0 Å². The number of sulfonamides is 1.